The van der Waals surface area contributed by atoms with E-state index < -0.39 is 5.82 Å². The van der Waals surface area contributed by atoms with Crippen molar-refractivity contribution in [2.75, 3.05) is 10.6 Å². The number of hydrogen-bond donors (Lipinski definition) is 3. The monoisotopic (exact) mass is 450 g/mol. The Labute approximate surface area is 190 Å². The van der Waals surface area contributed by atoms with Crippen LogP contribution in [0.15, 0.2) is 47.3 Å². The number of carbonyl (C=O) groups excluding carboxylic acids is 2. The van der Waals surface area contributed by atoms with Gasteiger partial charge in [0, 0.05) is 24.4 Å². The van der Waals surface area contributed by atoms with Crippen LogP contribution in [0, 0.1) is 11.7 Å². The summed E-state index contributed by atoms with van der Waals surface area (Å²) in [5, 5.41) is 5.94. The third-order valence-electron chi connectivity index (χ3n) is 5.96. The van der Waals surface area contributed by atoms with E-state index in [2.05, 4.69) is 20.6 Å². The molecule has 0 atom stereocenters. The van der Waals surface area contributed by atoms with Gasteiger partial charge in [0.2, 0.25) is 11.8 Å². The molecule has 3 N–H and O–H groups in total. The average molecular weight is 451 g/mol. The Hall–Kier alpha value is -3.55. The minimum atomic E-state index is -0.538. The second kappa shape index (κ2) is 10.4. The van der Waals surface area contributed by atoms with Gasteiger partial charge in [0.1, 0.15) is 11.6 Å². The Kier molecular flexibility index (Phi) is 7.12. The number of amides is 2. The third-order valence-corrected chi connectivity index (χ3v) is 5.96. The van der Waals surface area contributed by atoms with Crippen molar-refractivity contribution in [3.8, 4) is 0 Å². The predicted octanol–water partition coefficient (Wildman–Crippen LogP) is 4.54. The first-order valence-corrected chi connectivity index (χ1v) is 11.4. The summed E-state index contributed by atoms with van der Waals surface area (Å²) in [6.07, 6.45) is 5.94. The van der Waals surface area contributed by atoms with E-state index in [1.807, 2.05) is 6.07 Å². The van der Waals surface area contributed by atoms with Gasteiger partial charge < -0.3 is 15.6 Å². The van der Waals surface area contributed by atoms with Gasteiger partial charge in [-0.15, -0.1) is 0 Å². The summed E-state index contributed by atoms with van der Waals surface area (Å²) in [4.78, 5) is 44.1. The fourth-order valence-corrected chi connectivity index (χ4v) is 4.19. The number of H-pyrrole nitrogens is 1. The number of aromatic nitrogens is 2. The highest BCUT2D eigenvalue weighted by atomic mass is 19.1. The van der Waals surface area contributed by atoms with Crippen LogP contribution in [-0.2, 0) is 16.0 Å². The Bertz CT molecular complexity index is 1220. The molecule has 0 spiro atoms. The Balaban J connectivity index is 1.31. The Morgan fingerprint density at radius 2 is 1.85 bits per heavy atom. The van der Waals surface area contributed by atoms with E-state index in [0.29, 0.717) is 35.3 Å². The summed E-state index contributed by atoms with van der Waals surface area (Å²) in [6.45, 7) is 0. The molecule has 2 amide bonds. The number of fused-ring (bicyclic) bond motifs is 1. The van der Waals surface area contributed by atoms with Crippen LogP contribution in [0.5, 0.6) is 0 Å². The molecule has 1 heterocycles. The molecule has 1 aliphatic carbocycles. The topological polar surface area (TPSA) is 104 Å². The fourth-order valence-electron chi connectivity index (χ4n) is 4.19. The maximum atomic E-state index is 14.2. The standard InChI is InChI=1S/C25H27FN4O3/c26-19-14-13-17(15-21(19)29-24(32)16-7-2-1-3-8-16)27-23(31)12-6-11-22-28-20-10-5-4-9-18(20)25(33)30-22/h4-5,9-10,13-16H,1-3,6-8,11-12H2,(H,27,31)(H,29,32)(H,28,30,33). The lowest BCUT2D eigenvalue weighted by atomic mass is 9.88. The molecule has 1 saturated carbocycles. The van der Waals surface area contributed by atoms with Gasteiger partial charge in [0.25, 0.3) is 5.56 Å². The molecule has 1 aromatic heterocycles. The smallest absolute Gasteiger partial charge is 0.258 e. The summed E-state index contributed by atoms with van der Waals surface area (Å²) in [5.74, 6) is -0.515. The number of para-hydroxylation sites is 1. The number of rotatable bonds is 7. The lowest BCUT2D eigenvalue weighted by Gasteiger charge is -2.21. The first-order chi connectivity index (χ1) is 16.0. The van der Waals surface area contributed by atoms with E-state index in [4.69, 9.17) is 0 Å². The zero-order valence-corrected chi connectivity index (χ0v) is 18.3. The molecule has 0 unspecified atom stereocenters. The maximum Gasteiger partial charge on any atom is 0.258 e. The number of hydrogen-bond acceptors (Lipinski definition) is 4. The Morgan fingerprint density at radius 3 is 2.67 bits per heavy atom. The van der Waals surface area contributed by atoms with Crippen LogP contribution < -0.4 is 16.2 Å². The van der Waals surface area contributed by atoms with E-state index in [0.717, 1.165) is 32.1 Å². The van der Waals surface area contributed by atoms with E-state index in [1.165, 1.54) is 18.2 Å². The third kappa shape index (κ3) is 5.83. The number of nitrogens with one attached hydrogen (secondary N) is 3. The fraction of sp³-hybridized carbons (Fsp3) is 0.360. The number of aryl methyl sites for hydroxylation is 1. The van der Waals surface area contributed by atoms with E-state index in [1.54, 1.807) is 18.2 Å². The van der Waals surface area contributed by atoms with Crippen LogP contribution in [-0.4, -0.2) is 21.8 Å². The lowest BCUT2D eigenvalue weighted by Crippen LogP contribution is -2.25. The van der Waals surface area contributed by atoms with Crippen molar-refractivity contribution in [2.45, 2.75) is 51.4 Å². The summed E-state index contributed by atoms with van der Waals surface area (Å²) in [6, 6.07) is 11.2. The Morgan fingerprint density at radius 1 is 1.06 bits per heavy atom. The molecule has 172 valence electrons. The average Bonchev–Trinajstić information content (AvgIpc) is 2.82. The van der Waals surface area contributed by atoms with Crippen molar-refractivity contribution in [1.82, 2.24) is 9.97 Å². The molecule has 0 radical (unpaired) electrons. The van der Waals surface area contributed by atoms with E-state index in [-0.39, 0.29) is 35.4 Å². The number of carbonyl (C=O) groups is 2. The molecule has 1 aliphatic rings. The van der Waals surface area contributed by atoms with Crippen molar-refractivity contribution < 1.29 is 14.0 Å². The largest absolute Gasteiger partial charge is 0.326 e. The molecule has 4 rings (SSSR count). The van der Waals surface area contributed by atoms with Crippen molar-refractivity contribution >= 4 is 34.1 Å². The summed E-state index contributed by atoms with van der Waals surface area (Å²) in [7, 11) is 0. The molecule has 0 saturated heterocycles. The predicted molar refractivity (Wildman–Crippen MR) is 126 cm³/mol. The van der Waals surface area contributed by atoms with Crippen LogP contribution in [0.1, 0.15) is 50.8 Å². The zero-order valence-electron chi connectivity index (χ0n) is 18.3. The van der Waals surface area contributed by atoms with Crippen LogP contribution >= 0.6 is 0 Å². The van der Waals surface area contributed by atoms with Gasteiger partial charge in [-0.05, 0) is 49.6 Å². The van der Waals surface area contributed by atoms with E-state index >= 15 is 0 Å². The second-order valence-electron chi connectivity index (χ2n) is 8.45. The second-order valence-corrected chi connectivity index (χ2v) is 8.45. The van der Waals surface area contributed by atoms with Gasteiger partial charge in [0.05, 0.1) is 16.6 Å². The molecule has 0 bridgehead atoms. The molecule has 0 aliphatic heterocycles. The van der Waals surface area contributed by atoms with Crippen molar-refractivity contribution in [1.29, 1.82) is 0 Å². The van der Waals surface area contributed by atoms with Crippen LogP contribution in [0.2, 0.25) is 0 Å². The van der Waals surface area contributed by atoms with Crippen molar-refractivity contribution in [3.05, 3.63) is 64.5 Å². The normalized spacial score (nSPS) is 14.2. The van der Waals surface area contributed by atoms with Gasteiger partial charge in [-0.3, -0.25) is 14.4 Å². The van der Waals surface area contributed by atoms with Gasteiger partial charge >= 0.3 is 0 Å². The van der Waals surface area contributed by atoms with Gasteiger partial charge in [-0.25, -0.2) is 9.37 Å². The van der Waals surface area contributed by atoms with E-state index in [9.17, 15) is 18.8 Å². The first kappa shape index (κ1) is 22.6. The first-order valence-electron chi connectivity index (χ1n) is 11.4. The molecular weight excluding hydrogens is 423 g/mol. The highest BCUT2D eigenvalue weighted by Gasteiger charge is 2.22. The number of anilines is 2. The van der Waals surface area contributed by atoms with Crippen molar-refractivity contribution in [3.63, 3.8) is 0 Å². The maximum absolute atomic E-state index is 14.2. The molecular formula is C25H27FN4O3. The molecule has 33 heavy (non-hydrogen) atoms. The molecule has 3 aromatic rings. The summed E-state index contributed by atoms with van der Waals surface area (Å²) < 4.78 is 14.2. The number of nitrogens with zero attached hydrogens (tertiary/aromatic N) is 1. The van der Waals surface area contributed by atoms with Crippen LogP contribution in [0.4, 0.5) is 15.8 Å². The van der Waals surface area contributed by atoms with Crippen molar-refractivity contribution in [2.24, 2.45) is 5.92 Å². The molecule has 1 fully saturated rings. The molecule has 8 heteroatoms. The quantitative estimate of drug-likeness (QED) is 0.491. The zero-order chi connectivity index (χ0) is 23.2. The lowest BCUT2D eigenvalue weighted by molar-refractivity contribution is -0.120. The molecule has 7 nitrogen and oxygen atoms in total. The summed E-state index contributed by atoms with van der Waals surface area (Å²) in [5.41, 5.74) is 0.905. The molecule has 2 aromatic carbocycles. The number of halogens is 1. The van der Waals surface area contributed by atoms with Gasteiger partial charge in [-0.2, -0.15) is 0 Å². The minimum absolute atomic E-state index is 0.0707. The van der Waals surface area contributed by atoms with Gasteiger partial charge in [0.15, 0.2) is 0 Å². The minimum Gasteiger partial charge on any atom is -0.326 e. The highest BCUT2D eigenvalue weighted by molar-refractivity contribution is 5.95. The SMILES string of the molecule is O=C(CCCc1nc2ccccc2c(=O)[nH]1)Nc1ccc(F)c(NC(=O)C2CCCCC2)c1. The van der Waals surface area contributed by atoms with Crippen LogP contribution in [0.25, 0.3) is 10.9 Å². The van der Waals surface area contributed by atoms with Gasteiger partial charge in [-0.1, -0.05) is 31.4 Å². The highest BCUT2D eigenvalue weighted by Crippen LogP contribution is 2.26. The summed E-state index contributed by atoms with van der Waals surface area (Å²) >= 11 is 0. The number of aromatic amines is 1. The number of benzene rings is 2. The van der Waals surface area contributed by atoms with Crippen LogP contribution in [0.3, 0.4) is 0 Å².